The van der Waals surface area contributed by atoms with Crippen LogP contribution >= 0.6 is 0 Å². The number of nitrogens with one attached hydrogen (secondary N) is 1. The van der Waals surface area contributed by atoms with Gasteiger partial charge in [-0.25, -0.2) is 0 Å². The molecule has 3 heteroatoms. The molecule has 3 aromatic rings. The predicted molar refractivity (Wildman–Crippen MR) is 78.3 cm³/mol. The summed E-state index contributed by atoms with van der Waals surface area (Å²) in [5, 5.41) is 2.40. The Bertz CT molecular complexity index is 743. The molecule has 1 aromatic heterocycles. The minimum Gasteiger partial charge on any atom is -0.493 e. The van der Waals surface area contributed by atoms with Crippen molar-refractivity contribution in [3.63, 3.8) is 0 Å². The summed E-state index contributed by atoms with van der Waals surface area (Å²) in [7, 11) is 3.32. The minimum atomic E-state index is 0.750. The van der Waals surface area contributed by atoms with Crippen LogP contribution in [-0.4, -0.2) is 19.2 Å². The lowest BCUT2D eigenvalue weighted by molar-refractivity contribution is 0.356. The Morgan fingerprint density at radius 2 is 1.74 bits per heavy atom. The highest BCUT2D eigenvalue weighted by Crippen LogP contribution is 2.36. The van der Waals surface area contributed by atoms with Gasteiger partial charge in [-0.3, -0.25) is 0 Å². The number of H-pyrrole nitrogens is 1. The second kappa shape index (κ2) is 4.50. The van der Waals surface area contributed by atoms with E-state index in [1.165, 1.54) is 21.9 Å². The molecule has 0 amide bonds. The highest BCUT2D eigenvalue weighted by molar-refractivity contribution is 6.09. The van der Waals surface area contributed by atoms with Gasteiger partial charge in [0, 0.05) is 22.4 Å². The van der Waals surface area contributed by atoms with E-state index in [-0.39, 0.29) is 0 Å². The number of methoxy groups -OCH3 is 2. The number of aromatic amines is 1. The van der Waals surface area contributed by atoms with Crippen LogP contribution in [0.5, 0.6) is 11.5 Å². The second-order valence-corrected chi connectivity index (χ2v) is 4.57. The number of hydrogen-bond acceptors (Lipinski definition) is 2. The maximum atomic E-state index is 5.38. The maximum Gasteiger partial charge on any atom is 0.162 e. The molecule has 19 heavy (non-hydrogen) atoms. The number of aryl methyl sites for hydroxylation is 1. The number of aromatic nitrogens is 1. The first-order chi connectivity index (χ1) is 9.28. The van der Waals surface area contributed by atoms with E-state index >= 15 is 0 Å². The van der Waals surface area contributed by atoms with Gasteiger partial charge in [0.05, 0.1) is 19.7 Å². The van der Waals surface area contributed by atoms with Crippen molar-refractivity contribution < 1.29 is 9.47 Å². The average Bonchev–Trinajstić information content (AvgIpc) is 2.83. The SMILES string of the molecule is CCc1cccc2c1[nH]c1cc(OC)c(OC)cc12. The summed E-state index contributed by atoms with van der Waals surface area (Å²) in [6, 6.07) is 10.4. The first kappa shape index (κ1) is 11.9. The van der Waals surface area contributed by atoms with Gasteiger partial charge in [-0.2, -0.15) is 0 Å². The van der Waals surface area contributed by atoms with Crippen LogP contribution in [0.15, 0.2) is 30.3 Å². The zero-order valence-electron chi connectivity index (χ0n) is 11.4. The monoisotopic (exact) mass is 255 g/mol. The summed E-state index contributed by atoms with van der Waals surface area (Å²) in [6.45, 7) is 2.17. The summed E-state index contributed by atoms with van der Waals surface area (Å²) in [4.78, 5) is 3.49. The quantitative estimate of drug-likeness (QED) is 0.770. The van der Waals surface area contributed by atoms with Crippen LogP contribution in [0.4, 0.5) is 0 Å². The van der Waals surface area contributed by atoms with E-state index in [0.29, 0.717) is 0 Å². The molecule has 0 saturated carbocycles. The molecule has 0 aliphatic carbocycles. The molecule has 0 fully saturated rings. The average molecular weight is 255 g/mol. The second-order valence-electron chi connectivity index (χ2n) is 4.57. The fourth-order valence-corrected chi connectivity index (χ4v) is 2.61. The lowest BCUT2D eigenvalue weighted by Crippen LogP contribution is -1.89. The number of fused-ring (bicyclic) bond motifs is 3. The molecule has 1 heterocycles. The van der Waals surface area contributed by atoms with Crippen LogP contribution in [0.2, 0.25) is 0 Å². The molecule has 2 aromatic carbocycles. The van der Waals surface area contributed by atoms with Gasteiger partial charge in [0.25, 0.3) is 0 Å². The lowest BCUT2D eigenvalue weighted by atomic mass is 10.1. The molecule has 0 spiro atoms. The number of hydrogen-bond donors (Lipinski definition) is 1. The van der Waals surface area contributed by atoms with Crippen molar-refractivity contribution in [2.24, 2.45) is 0 Å². The highest BCUT2D eigenvalue weighted by Gasteiger charge is 2.11. The Kier molecular flexibility index (Phi) is 2.82. The molecule has 1 N–H and O–H groups in total. The molecule has 0 atom stereocenters. The molecule has 0 bridgehead atoms. The largest absolute Gasteiger partial charge is 0.493 e. The molecule has 3 nitrogen and oxygen atoms in total. The van der Waals surface area contributed by atoms with Gasteiger partial charge in [0.1, 0.15) is 0 Å². The fraction of sp³-hybridized carbons (Fsp3) is 0.250. The summed E-state index contributed by atoms with van der Waals surface area (Å²) in [5.74, 6) is 1.51. The molecule has 0 unspecified atom stereocenters. The van der Waals surface area contributed by atoms with Crippen molar-refractivity contribution in [1.82, 2.24) is 4.98 Å². The first-order valence-electron chi connectivity index (χ1n) is 6.43. The Balaban J connectivity index is 2.40. The third-order valence-corrected chi connectivity index (χ3v) is 3.61. The van der Waals surface area contributed by atoms with E-state index in [1.807, 2.05) is 12.1 Å². The van der Waals surface area contributed by atoms with Gasteiger partial charge in [-0.15, -0.1) is 0 Å². The molecule has 98 valence electrons. The first-order valence-corrected chi connectivity index (χ1v) is 6.43. The Labute approximate surface area is 112 Å². The van der Waals surface area contributed by atoms with Crippen LogP contribution in [0.3, 0.4) is 0 Å². The third-order valence-electron chi connectivity index (χ3n) is 3.61. The van der Waals surface area contributed by atoms with E-state index < -0.39 is 0 Å². The van der Waals surface area contributed by atoms with Gasteiger partial charge in [-0.1, -0.05) is 25.1 Å². The van der Waals surface area contributed by atoms with Crippen molar-refractivity contribution in [3.05, 3.63) is 35.9 Å². The van der Waals surface area contributed by atoms with Crippen molar-refractivity contribution in [3.8, 4) is 11.5 Å². The van der Waals surface area contributed by atoms with Crippen molar-refractivity contribution in [2.75, 3.05) is 14.2 Å². The van der Waals surface area contributed by atoms with E-state index in [9.17, 15) is 0 Å². The van der Waals surface area contributed by atoms with Crippen molar-refractivity contribution in [2.45, 2.75) is 13.3 Å². The van der Waals surface area contributed by atoms with E-state index in [0.717, 1.165) is 23.4 Å². The number of para-hydroxylation sites is 1. The number of rotatable bonds is 3. The topological polar surface area (TPSA) is 34.2 Å². The summed E-state index contributed by atoms with van der Waals surface area (Å²) < 4.78 is 10.7. The normalized spacial score (nSPS) is 11.1. The predicted octanol–water partition coefficient (Wildman–Crippen LogP) is 3.90. The van der Waals surface area contributed by atoms with Crippen LogP contribution in [0.25, 0.3) is 21.8 Å². The third kappa shape index (κ3) is 1.73. The van der Waals surface area contributed by atoms with Crippen molar-refractivity contribution >= 4 is 21.8 Å². The summed E-state index contributed by atoms with van der Waals surface area (Å²) in [6.07, 6.45) is 1.01. The molecular formula is C16H17NO2. The molecule has 0 radical (unpaired) electrons. The zero-order valence-corrected chi connectivity index (χ0v) is 11.4. The van der Waals surface area contributed by atoms with Gasteiger partial charge in [0.2, 0.25) is 0 Å². The van der Waals surface area contributed by atoms with Crippen LogP contribution in [0, 0.1) is 0 Å². The van der Waals surface area contributed by atoms with Gasteiger partial charge in [0.15, 0.2) is 11.5 Å². The molecule has 0 aliphatic rings. The smallest absolute Gasteiger partial charge is 0.162 e. The highest BCUT2D eigenvalue weighted by atomic mass is 16.5. The number of ether oxygens (including phenoxy) is 2. The molecular weight excluding hydrogens is 238 g/mol. The van der Waals surface area contributed by atoms with Crippen LogP contribution in [0.1, 0.15) is 12.5 Å². The van der Waals surface area contributed by atoms with E-state index in [4.69, 9.17) is 9.47 Å². The molecule has 0 saturated heterocycles. The van der Waals surface area contributed by atoms with E-state index in [1.54, 1.807) is 14.2 Å². The van der Waals surface area contributed by atoms with Crippen LogP contribution < -0.4 is 9.47 Å². The standard InChI is InChI=1S/C16H17NO2/c1-4-10-6-5-7-11-12-8-14(18-2)15(19-3)9-13(12)17-16(10)11/h5-9,17H,4H2,1-3H3. The molecule has 3 rings (SSSR count). The minimum absolute atomic E-state index is 0.750. The summed E-state index contributed by atoms with van der Waals surface area (Å²) in [5.41, 5.74) is 3.61. The van der Waals surface area contributed by atoms with Crippen molar-refractivity contribution in [1.29, 1.82) is 0 Å². The Morgan fingerprint density at radius 1 is 1.00 bits per heavy atom. The van der Waals surface area contributed by atoms with E-state index in [2.05, 4.69) is 30.1 Å². The maximum absolute atomic E-state index is 5.38. The molecule has 0 aliphatic heterocycles. The number of benzene rings is 2. The Morgan fingerprint density at radius 3 is 2.42 bits per heavy atom. The van der Waals surface area contributed by atoms with Crippen LogP contribution in [-0.2, 0) is 6.42 Å². The van der Waals surface area contributed by atoms with Gasteiger partial charge in [-0.05, 0) is 18.1 Å². The Hall–Kier alpha value is -2.16. The zero-order chi connectivity index (χ0) is 13.4. The van der Waals surface area contributed by atoms with Gasteiger partial charge >= 0.3 is 0 Å². The summed E-state index contributed by atoms with van der Waals surface area (Å²) >= 11 is 0. The lowest BCUT2D eigenvalue weighted by Gasteiger charge is -2.07. The van der Waals surface area contributed by atoms with Gasteiger partial charge < -0.3 is 14.5 Å². The fourth-order valence-electron chi connectivity index (χ4n) is 2.61.